The lowest BCUT2D eigenvalue weighted by Crippen LogP contribution is -2.40. The van der Waals surface area contributed by atoms with E-state index in [-0.39, 0.29) is 42.9 Å². The third-order valence-electron chi connectivity index (χ3n) is 4.47. The van der Waals surface area contributed by atoms with Gasteiger partial charge < -0.3 is 5.32 Å². The maximum Gasteiger partial charge on any atom is 0.226 e. The van der Waals surface area contributed by atoms with Crippen molar-refractivity contribution in [3.05, 3.63) is 59.7 Å². The number of carbonyl (C=O) groups is 3. The Morgan fingerprint density at radius 1 is 1.04 bits per heavy atom. The fourth-order valence-corrected chi connectivity index (χ4v) is 3.22. The van der Waals surface area contributed by atoms with E-state index in [1.807, 2.05) is 24.3 Å². The minimum atomic E-state index is -0.301. The van der Waals surface area contributed by atoms with Crippen LogP contribution in [0.15, 0.2) is 48.5 Å². The predicted molar refractivity (Wildman–Crippen MR) is 99.0 cm³/mol. The molecule has 1 aliphatic heterocycles. The second kappa shape index (κ2) is 7.95. The van der Waals surface area contributed by atoms with Crippen LogP contribution in [0.5, 0.6) is 0 Å². The summed E-state index contributed by atoms with van der Waals surface area (Å²) >= 11 is 0. The molecule has 0 atom stereocenters. The monoisotopic (exact) mass is 350 g/mol. The highest BCUT2D eigenvalue weighted by atomic mass is 16.2. The maximum atomic E-state index is 12.1. The van der Waals surface area contributed by atoms with Crippen LogP contribution >= 0.6 is 0 Å². The zero-order chi connectivity index (χ0) is 18.5. The molecule has 3 rings (SSSR count). The first kappa shape index (κ1) is 17.9. The van der Waals surface area contributed by atoms with Crippen molar-refractivity contribution in [1.82, 2.24) is 10.6 Å². The largest absolute Gasteiger partial charge is 0.352 e. The Morgan fingerprint density at radius 3 is 2.38 bits per heavy atom. The molecule has 1 aliphatic rings. The van der Waals surface area contributed by atoms with Gasteiger partial charge >= 0.3 is 0 Å². The standard InChI is InChI=1S/C21H22N2O3/c1-14-4-2-6-17(8-14)18-7-3-5-15(9-18)13-22-19(24)10-16-11-20(25)23-21(26)12-16/h2-9,16H,10-13H2,1H3,(H,22,24)(H,23,25,26). The van der Waals surface area contributed by atoms with Crippen LogP contribution in [0.4, 0.5) is 0 Å². The first-order chi connectivity index (χ1) is 12.5. The van der Waals surface area contributed by atoms with Gasteiger partial charge in [-0.25, -0.2) is 0 Å². The number of rotatable bonds is 5. The zero-order valence-electron chi connectivity index (χ0n) is 14.7. The zero-order valence-corrected chi connectivity index (χ0v) is 14.7. The topological polar surface area (TPSA) is 75.3 Å². The molecule has 0 saturated carbocycles. The molecule has 3 amide bonds. The van der Waals surface area contributed by atoms with Gasteiger partial charge in [-0.2, -0.15) is 0 Å². The van der Waals surface area contributed by atoms with Crippen molar-refractivity contribution in [3.8, 4) is 11.1 Å². The fourth-order valence-electron chi connectivity index (χ4n) is 3.22. The highest BCUT2D eigenvalue weighted by Crippen LogP contribution is 2.22. The number of hydrogen-bond donors (Lipinski definition) is 2. The summed E-state index contributed by atoms with van der Waals surface area (Å²) in [5.74, 6) is -0.955. The molecule has 1 fully saturated rings. The summed E-state index contributed by atoms with van der Waals surface area (Å²) in [4.78, 5) is 34.9. The van der Waals surface area contributed by atoms with Crippen LogP contribution in [0.1, 0.15) is 30.4 Å². The van der Waals surface area contributed by atoms with Gasteiger partial charge in [-0.1, -0.05) is 48.0 Å². The first-order valence-corrected chi connectivity index (χ1v) is 8.75. The summed E-state index contributed by atoms with van der Waals surface area (Å²) in [6.07, 6.45) is 0.640. The normalized spacial score (nSPS) is 14.8. The smallest absolute Gasteiger partial charge is 0.226 e. The second-order valence-electron chi connectivity index (χ2n) is 6.80. The van der Waals surface area contributed by atoms with E-state index >= 15 is 0 Å². The molecule has 5 heteroatoms. The molecule has 1 saturated heterocycles. The van der Waals surface area contributed by atoms with E-state index in [1.165, 1.54) is 5.56 Å². The summed E-state index contributed by atoms with van der Waals surface area (Å²) < 4.78 is 0. The van der Waals surface area contributed by atoms with Gasteiger partial charge in [0.05, 0.1) is 0 Å². The van der Waals surface area contributed by atoms with Crippen LogP contribution in [0, 0.1) is 12.8 Å². The minimum absolute atomic E-state index is 0.140. The summed E-state index contributed by atoms with van der Waals surface area (Å²) in [6.45, 7) is 2.48. The first-order valence-electron chi connectivity index (χ1n) is 8.75. The lowest BCUT2D eigenvalue weighted by molar-refractivity contribution is -0.135. The number of carbonyl (C=O) groups excluding carboxylic acids is 3. The quantitative estimate of drug-likeness (QED) is 0.814. The molecular weight excluding hydrogens is 328 g/mol. The molecule has 134 valence electrons. The highest BCUT2D eigenvalue weighted by Gasteiger charge is 2.26. The Balaban J connectivity index is 1.58. The molecule has 0 spiro atoms. The Bertz CT molecular complexity index is 829. The molecular formula is C21H22N2O3. The summed E-state index contributed by atoms with van der Waals surface area (Å²) in [6, 6.07) is 16.3. The number of amides is 3. The molecule has 2 aromatic rings. The SMILES string of the molecule is Cc1cccc(-c2cccc(CNC(=O)CC3CC(=O)NC(=O)C3)c2)c1. The van der Waals surface area contributed by atoms with Gasteiger partial charge in [-0.05, 0) is 35.6 Å². The van der Waals surface area contributed by atoms with Gasteiger partial charge in [0.1, 0.15) is 0 Å². The van der Waals surface area contributed by atoms with E-state index in [1.54, 1.807) is 0 Å². The Morgan fingerprint density at radius 2 is 1.69 bits per heavy atom. The molecule has 0 aromatic heterocycles. The third-order valence-corrected chi connectivity index (χ3v) is 4.47. The van der Waals surface area contributed by atoms with Crippen LogP contribution in [-0.4, -0.2) is 17.7 Å². The van der Waals surface area contributed by atoms with Crippen LogP contribution in [0.25, 0.3) is 11.1 Å². The lowest BCUT2D eigenvalue weighted by Gasteiger charge is -2.20. The van der Waals surface area contributed by atoms with Crippen molar-refractivity contribution in [1.29, 1.82) is 0 Å². The Labute approximate surface area is 152 Å². The van der Waals surface area contributed by atoms with Gasteiger partial charge in [0.15, 0.2) is 0 Å². The summed E-state index contributed by atoms with van der Waals surface area (Å²) in [5, 5.41) is 5.14. The Hall–Kier alpha value is -2.95. The van der Waals surface area contributed by atoms with Crippen LogP contribution < -0.4 is 10.6 Å². The third kappa shape index (κ3) is 4.79. The Kier molecular flexibility index (Phi) is 5.46. The predicted octanol–water partition coefficient (Wildman–Crippen LogP) is 2.72. The number of benzene rings is 2. The molecule has 0 aliphatic carbocycles. The molecule has 0 radical (unpaired) electrons. The minimum Gasteiger partial charge on any atom is -0.352 e. The van der Waals surface area contributed by atoms with Crippen molar-refractivity contribution in [2.24, 2.45) is 5.92 Å². The molecule has 1 heterocycles. The van der Waals surface area contributed by atoms with E-state index in [2.05, 4.69) is 41.8 Å². The molecule has 5 nitrogen and oxygen atoms in total. The molecule has 2 aromatic carbocycles. The van der Waals surface area contributed by atoms with E-state index < -0.39 is 0 Å². The van der Waals surface area contributed by atoms with Crippen molar-refractivity contribution < 1.29 is 14.4 Å². The van der Waals surface area contributed by atoms with Gasteiger partial charge in [-0.3, -0.25) is 19.7 Å². The van der Waals surface area contributed by atoms with Crippen LogP contribution in [-0.2, 0) is 20.9 Å². The molecule has 0 bridgehead atoms. The lowest BCUT2D eigenvalue weighted by atomic mass is 9.93. The van der Waals surface area contributed by atoms with Gasteiger partial charge in [0.25, 0.3) is 0 Å². The maximum absolute atomic E-state index is 12.1. The van der Waals surface area contributed by atoms with Gasteiger partial charge in [0.2, 0.25) is 17.7 Å². The fraction of sp³-hybridized carbons (Fsp3) is 0.286. The van der Waals surface area contributed by atoms with E-state index in [4.69, 9.17) is 0 Å². The molecule has 2 N–H and O–H groups in total. The number of hydrogen-bond acceptors (Lipinski definition) is 3. The molecule has 26 heavy (non-hydrogen) atoms. The number of nitrogens with one attached hydrogen (secondary N) is 2. The average molecular weight is 350 g/mol. The summed E-state index contributed by atoms with van der Waals surface area (Å²) in [5.41, 5.74) is 4.46. The van der Waals surface area contributed by atoms with Crippen molar-refractivity contribution in [2.45, 2.75) is 32.7 Å². The summed E-state index contributed by atoms with van der Waals surface area (Å²) in [7, 11) is 0. The van der Waals surface area contributed by atoms with Crippen molar-refractivity contribution >= 4 is 17.7 Å². The number of piperidine rings is 1. The highest BCUT2D eigenvalue weighted by molar-refractivity contribution is 5.98. The molecule has 0 unspecified atom stereocenters. The van der Waals surface area contributed by atoms with Crippen LogP contribution in [0.3, 0.4) is 0 Å². The average Bonchev–Trinajstić information content (AvgIpc) is 2.59. The van der Waals surface area contributed by atoms with Crippen LogP contribution in [0.2, 0.25) is 0 Å². The van der Waals surface area contributed by atoms with Crippen molar-refractivity contribution in [3.63, 3.8) is 0 Å². The van der Waals surface area contributed by atoms with Gasteiger partial charge in [-0.15, -0.1) is 0 Å². The van der Waals surface area contributed by atoms with E-state index in [0.29, 0.717) is 6.54 Å². The van der Waals surface area contributed by atoms with E-state index in [9.17, 15) is 14.4 Å². The number of imide groups is 1. The van der Waals surface area contributed by atoms with Gasteiger partial charge in [0, 0.05) is 25.8 Å². The number of aryl methyl sites for hydroxylation is 1. The van der Waals surface area contributed by atoms with Crippen molar-refractivity contribution in [2.75, 3.05) is 0 Å². The van der Waals surface area contributed by atoms with E-state index in [0.717, 1.165) is 16.7 Å². The second-order valence-corrected chi connectivity index (χ2v) is 6.80.